The molecule has 0 radical (unpaired) electrons. The van der Waals surface area contributed by atoms with Crippen LogP contribution in [0.2, 0.25) is 0 Å². The van der Waals surface area contributed by atoms with Gasteiger partial charge in [-0.15, -0.1) is 0 Å². The van der Waals surface area contributed by atoms with Crippen molar-refractivity contribution in [3.63, 3.8) is 0 Å². The summed E-state index contributed by atoms with van der Waals surface area (Å²) in [5, 5.41) is 0. The Morgan fingerprint density at radius 3 is 1.14 bits per heavy atom. The van der Waals surface area contributed by atoms with Crippen molar-refractivity contribution < 1.29 is 17.5 Å². The van der Waals surface area contributed by atoms with E-state index in [1.54, 1.807) is 0 Å². The van der Waals surface area contributed by atoms with E-state index in [0.717, 1.165) is 0 Å². The Balaban J connectivity index is -0.0000000800. The molecule has 0 unspecified atom stereocenters. The summed E-state index contributed by atoms with van der Waals surface area (Å²) in [6, 6.07) is 0. The number of rotatable bonds is 0. The first-order valence-corrected chi connectivity index (χ1v) is 2.10. The average molecular weight is 126 g/mol. The molecule has 0 saturated carbocycles. The summed E-state index contributed by atoms with van der Waals surface area (Å²) in [7, 11) is -4.67. The molecule has 0 aromatic rings. The van der Waals surface area contributed by atoms with E-state index in [4.69, 9.17) is 17.5 Å². The Kier molecular flexibility index (Phi) is 9.37. The molecule has 7 heavy (non-hydrogen) atoms. The van der Waals surface area contributed by atoms with E-state index < -0.39 is 10.4 Å². The van der Waals surface area contributed by atoms with Gasteiger partial charge in [0, 0.05) is 0 Å². The molecule has 0 rings (SSSR count). The molecule has 5 nitrogen and oxygen atoms in total. The van der Waals surface area contributed by atoms with Gasteiger partial charge in [-0.05, 0) is 0 Å². The summed E-state index contributed by atoms with van der Waals surface area (Å²) >= 11 is 0. The van der Waals surface area contributed by atoms with E-state index in [1.165, 1.54) is 0 Å². The van der Waals surface area contributed by atoms with E-state index in [0.29, 0.717) is 0 Å². The second kappa shape index (κ2) is 4.17. The summed E-state index contributed by atoms with van der Waals surface area (Å²) in [6.07, 6.45) is 0. The van der Waals surface area contributed by atoms with Crippen molar-refractivity contribution in [1.82, 2.24) is 6.15 Å². The summed E-state index contributed by atoms with van der Waals surface area (Å²) in [4.78, 5) is 0. The van der Waals surface area contributed by atoms with E-state index in [2.05, 4.69) is 0 Å². The molecule has 0 spiro atoms. The van der Waals surface area contributed by atoms with Crippen molar-refractivity contribution in [2.75, 3.05) is 0 Å². The van der Waals surface area contributed by atoms with Crippen molar-refractivity contribution in [2.24, 2.45) is 0 Å². The molecule has 0 aromatic carbocycles. The molecular weight excluding hydrogens is 119 g/mol. The molecule has 0 amide bonds. The zero-order chi connectivity index (χ0) is 4.50. The van der Waals surface area contributed by atoms with E-state index in [-0.39, 0.29) is 16.3 Å². The fraction of sp³-hybridized carbons (Fsp3) is 0. The Bertz CT molecular complexity index is 94.9. The van der Waals surface area contributed by atoms with Gasteiger partial charge in [-0.1, -0.05) is 0 Å². The van der Waals surface area contributed by atoms with Gasteiger partial charge < -0.3 is 6.15 Å². The minimum atomic E-state index is -4.67. The molecular formula is H7BeNO4S. The van der Waals surface area contributed by atoms with Crippen LogP contribution < -0.4 is 6.15 Å². The second-order valence-electron chi connectivity index (χ2n) is 0.448. The predicted octanol–water partition coefficient (Wildman–Crippen LogP) is -1.41. The van der Waals surface area contributed by atoms with Crippen LogP contribution in [0.4, 0.5) is 0 Å². The molecule has 0 saturated heterocycles. The maximum absolute atomic E-state index is 8.74. The third-order valence-corrected chi connectivity index (χ3v) is 0. The maximum atomic E-state index is 8.74. The Labute approximate surface area is 45.1 Å². The summed E-state index contributed by atoms with van der Waals surface area (Å²) in [6.45, 7) is 0. The molecule has 0 aliphatic heterocycles. The molecule has 0 aliphatic rings. The van der Waals surface area contributed by atoms with Gasteiger partial charge in [-0.2, -0.15) is 8.42 Å². The average Bonchev–Trinajstić information content (AvgIpc) is 0.722. The summed E-state index contributed by atoms with van der Waals surface area (Å²) in [5.74, 6) is 0. The van der Waals surface area contributed by atoms with Crippen LogP contribution in [0.25, 0.3) is 0 Å². The monoisotopic (exact) mass is 126 g/mol. The molecule has 7 heteroatoms. The topological polar surface area (TPSA) is 110 Å². The molecule has 0 aliphatic carbocycles. The van der Waals surface area contributed by atoms with Crippen LogP contribution in [0.3, 0.4) is 0 Å². The van der Waals surface area contributed by atoms with Gasteiger partial charge in [0.05, 0.1) is 0 Å². The van der Waals surface area contributed by atoms with Crippen molar-refractivity contribution in [1.29, 1.82) is 0 Å². The van der Waals surface area contributed by atoms with E-state index in [1.807, 2.05) is 0 Å². The first-order valence-electron chi connectivity index (χ1n) is 0.698. The first-order chi connectivity index (χ1) is 2.00. The van der Waals surface area contributed by atoms with Gasteiger partial charge in [0.15, 0.2) is 0 Å². The SMILES string of the molecule is N.O=S(=O)(O)O.[BeH2]. The standard InChI is InChI=1S/Be.H3N.H2O4S.2H/c;;1-5(2,3)4;;/h;1H3;(H2,1,2,3,4);;. The van der Waals surface area contributed by atoms with Gasteiger partial charge >= 0.3 is 20.5 Å². The van der Waals surface area contributed by atoms with Crippen LogP contribution in [0.5, 0.6) is 0 Å². The van der Waals surface area contributed by atoms with Crippen molar-refractivity contribution in [2.45, 2.75) is 0 Å². The van der Waals surface area contributed by atoms with Crippen LogP contribution in [-0.4, -0.2) is 27.6 Å². The number of hydrogen-bond donors (Lipinski definition) is 3. The van der Waals surface area contributed by atoms with Crippen LogP contribution in [-0.2, 0) is 10.4 Å². The first kappa shape index (κ1) is 15.8. The number of hydrogen-bond acceptors (Lipinski definition) is 3. The molecule has 0 fully saturated rings. The molecule has 44 valence electrons. The minimum absolute atomic E-state index is 0. The molecule has 0 heterocycles. The molecule has 0 bridgehead atoms. The van der Waals surface area contributed by atoms with Gasteiger partial charge in [-0.3, -0.25) is 9.11 Å². The zero-order valence-corrected chi connectivity index (χ0v) is 3.64. The third kappa shape index (κ3) is 70200000. The normalized spacial score (nSPS) is 8.29. The van der Waals surface area contributed by atoms with E-state index >= 15 is 0 Å². The molecule has 0 aromatic heterocycles. The van der Waals surface area contributed by atoms with Crippen molar-refractivity contribution >= 4 is 20.5 Å². The van der Waals surface area contributed by atoms with Crippen LogP contribution in [0.15, 0.2) is 0 Å². The fourth-order valence-corrected chi connectivity index (χ4v) is 0. The van der Waals surface area contributed by atoms with Crippen LogP contribution in [0.1, 0.15) is 0 Å². The van der Waals surface area contributed by atoms with Crippen molar-refractivity contribution in [3.8, 4) is 0 Å². The van der Waals surface area contributed by atoms with Gasteiger partial charge in [0.25, 0.3) is 0 Å². The third-order valence-electron chi connectivity index (χ3n) is 0. The van der Waals surface area contributed by atoms with E-state index in [9.17, 15) is 0 Å². The van der Waals surface area contributed by atoms with Gasteiger partial charge in [0.2, 0.25) is 0 Å². The Hall–Kier alpha value is -0.00117. The van der Waals surface area contributed by atoms with Crippen LogP contribution >= 0.6 is 0 Å². The summed E-state index contributed by atoms with van der Waals surface area (Å²) < 4.78 is 31.6. The molecule has 5 N–H and O–H groups in total. The van der Waals surface area contributed by atoms with Crippen molar-refractivity contribution in [3.05, 3.63) is 0 Å². The quantitative estimate of drug-likeness (QED) is 0.273. The van der Waals surface area contributed by atoms with Gasteiger partial charge in [0.1, 0.15) is 0 Å². The molecule has 0 atom stereocenters. The predicted molar refractivity (Wildman–Crippen MR) is 27.7 cm³/mol. The Morgan fingerprint density at radius 1 is 1.14 bits per heavy atom. The summed E-state index contributed by atoms with van der Waals surface area (Å²) in [5.41, 5.74) is 0. The second-order valence-corrected chi connectivity index (χ2v) is 1.34. The fourth-order valence-electron chi connectivity index (χ4n) is 0. The van der Waals surface area contributed by atoms with Gasteiger partial charge in [-0.25, -0.2) is 0 Å². The zero-order valence-electron chi connectivity index (χ0n) is 2.83. The van der Waals surface area contributed by atoms with Crippen LogP contribution in [0, 0.1) is 0 Å². The Morgan fingerprint density at radius 2 is 1.14 bits per heavy atom.